The molecule has 1 radical (unpaired) electrons. The van der Waals surface area contributed by atoms with Gasteiger partial charge in [-0.3, -0.25) is 5.32 Å². The third-order valence-electron chi connectivity index (χ3n) is 1.63. The van der Waals surface area contributed by atoms with Gasteiger partial charge in [-0.2, -0.15) is 0 Å². The number of rotatable bonds is 0. The minimum atomic E-state index is 0.704. The number of fused-ring (bicyclic) bond motifs is 2. The second-order valence-corrected chi connectivity index (χ2v) is 2.17. The molecule has 1 unspecified atom stereocenters. The summed E-state index contributed by atoms with van der Waals surface area (Å²) in [5.41, 5.74) is 0. The Bertz CT molecular complexity index is 94.7. The van der Waals surface area contributed by atoms with Crippen LogP contribution in [0.25, 0.3) is 0 Å². The van der Waals surface area contributed by atoms with Crippen molar-refractivity contribution in [2.24, 2.45) is 0 Å². The summed E-state index contributed by atoms with van der Waals surface area (Å²) in [6.07, 6.45) is 7.03. The molecule has 0 saturated carbocycles. The molecule has 2 aliphatic rings. The van der Waals surface area contributed by atoms with Crippen molar-refractivity contribution in [3.63, 3.8) is 0 Å². The largest absolute Gasteiger partial charge is 0.300 e. The molecule has 1 heteroatoms. The van der Waals surface area contributed by atoms with Crippen LogP contribution in [0.1, 0.15) is 12.8 Å². The first kappa shape index (κ1) is 3.67. The van der Waals surface area contributed by atoms with Crippen LogP contribution in [0.3, 0.4) is 0 Å². The Hall–Kier alpha value is -0.300. The van der Waals surface area contributed by atoms with Crippen molar-refractivity contribution in [3.05, 3.63) is 18.2 Å². The summed E-state index contributed by atoms with van der Waals surface area (Å²) < 4.78 is 0. The van der Waals surface area contributed by atoms with Crippen LogP contribution in [0.2, 0.25) is 0 Å². The van der Waals surface area contributed by atoms with Gasteiger partial charge in [0.2, 0.25) is 0 Å². The predicted molar refractivity (Wildman–Crippen MR) is 28.5 cm³/mol. The quantitative estimate of drug-likeness (QED) is 0.469. The van der Waals surface area contributed by atoms with E-state index in [1.54, 1.807) is 0 Å². The second kappa shape index (κ2) is 1.10. The van der Waals surface area contributed by atoms with Crippen molar-refractivity contribution in [2.75, 3.05) is 0 Å². The van der Waals surface area contributed by atoms with Gasteiger partial charge in [-0.1, -0.05) is 12.2 Å². The molecule has 2 rings (SSSR count). The minimum Gasteiger partial charge on any atom is -0.300 e. The minimum absolute atomic E-state index is 0.704. The number of nitrogens with one attached hydrogen (secondary N) is 1. The number of hydrogen-bond donors (Lipinski definition) is 1. The Morgan fingerprint density at radius 1 is 1.71 bits per heavy atom. The van der Waals surface area contributed by atoms with E-state index in [0.29, 0.717) is 6.04 Å². The molecular weight excluding hydrogens is 86.1 g/mol. The molecule has 37 valence electrons. The SMILES string of the molecule is C1=CC2CC[C]1N2. The fraction of sp³-hybridized carbons (Fsp3) is 0.500. The van der Waals surface area contributed by atoms with Gasteiger partial charge in [0.25, 0.3) is 0 Å². The van der Waals surface area contributed by atoms with Crippen molar-refractivity contribution in [3.8, 4) is 0 Å². The maximum atomic E-state index is 3.33. The van der Waals surface area contributed by atoms with E-state index < -0.39 is 0 Å². The lowest BCUT2D eigenvalue weighted by Gasteiger charge is -1.93. The van der Waals surface area contributed by atoms with E-state index in [9.17, 15) is 0 Å². The van der Waals surface area contributed by atoms with Crippen LogP contribution in [0.4, 0.5) is 0 Å². The smallest absolute Gasteiger partial charge is 0.0591 e. The summed E-state index contributed by atoms with van der Waals surface area (Å²) >= 11 is 0. The van der Waals surface area contributed by atoms with Gasteiger partial charge in [-0.05, 0) is 12.8 Å². The molecule has 2 aliphatic heterocycles. The van der Waals surface area contributed by atoms with E-state index in [-0.39, 0.29) is 0 Å². The zero-order valence-corrected chi connectivity index (χ0v) is 4.15. The molecule has 0 spiro atoms. The average Bonchev–Trinajstić information content (AvgIpc) is 2.22. The summed E-state index contributed by atoms with van der Waals surface area (Å²) in [7, 11) is 0. The van der Waals surface area contributed by atoms with Gasteiger partial charge in [-0.15, -0.1) is 0 Å². The van der Waals surface area contributed by atoms with Crippen LogP contribution < -0.4 is 5.32 Å². The van der Waals surface area contributed by atoms with Gasteiger partial charge < -0.3 is 0 Å². The van der Waals surface area contributed by atoms with Crippen molar-refractivity contribution in [1.29, 1.82) is 0 Å². The van der Waals surface area contributed by atoms with Crippen LogP contribution in [-0.4, -0.2) is 6.04 Å². The highest BCUT2D eigenvalue weighted by atomic mass is 15.0. The zero-order chi connectivity index (χ0) is 4.69. The van der Waals surface area contributed by atoms with E-state index >= 15 is 0 Å². The highest BCUT2D eigenvalue weighted by Gasteiger charge is 2.24. The molecule has 0 aromatic rings. The van der Waals surface area contributed by atoms with Crippen LogP contribution >= 0.6 is 0 Å². The molecule has 1 N–H and O–H groups in total. The van der Waals surface area contributed by atoms with Crippen LogP contribution in [0.5, 0.6) is 0 Å². The lowest BCUT2D eigenvalue weighted by Crippen LogP contribution is -2.13. The summed E-state index contributed by atoms with van der Waals surface area (Å²) in [6, 6.07) is 2.14. The lowest BCUT2D eigenvalue weighted by atomic mass is 10.1. The topological polar surface area (TPSA) is 12.0 Å². The third kappa shape index (κ3) is 0.416. The average molecular weight is 94.1 g/mol. The zero-order valence-electron chi connectivity index (χ0n) is 4.15. The summed E-state index contributed by atoms with van der Waals surface area (Å²) in [6.45, 7) is 0. The molecule has 2 heterocycles. The summed E-state index contributed by atoms with van der Waals surface area (Å²) in [5, 5.41) is 3.33. The van der Waals surface area contributed by atoms with E-state index in [0.717, 1.165) is 0 Å². The molecule has 1 atom stereocenters. The maximum absolute atomic E-state index is 3.33. The normalized spacial score (nSPS) is 38.0. The Balaban J connectivity index is 2.27. The Kier molecular flexibility index (Phi) is 0.577. The predicted octanol–water partition coefficient (Wildman–Crippen LogP) is 0.840. The Morgan fingerprint density at radius 3 is 2.86 bits per heavy atom. The van der Waals surface area contributed by atoms with Gasteiger partial charge in [0.15, 0.2) is 0 Å². The highest BCUT2D eigenvalue weighted by molar-refractivity contribution is 5.24. The molecule has 2 bridgehead atoms. The van der Waals surface area contributed by atoms with Crippen molar-refractivity contribution in [2.45, 2.75) is 18.9 Å². The molecule has 7 heavy (non-hydrogen) atoms. The molecule has 0 aromatic carbocycles. The van der Waals surface area contributed by atoms with E-state index in [1.165, 1.54) is 18.9 Å². The fourth-order valence-corrected chi connectivity index (χ4v) is 1.20. The molecule has 1 saturated heterocycles. The van der Waals surface area contributed by atoms with Gasteiger partial charge in [0.05, 0.1) is 6.04 Å². The van der Waals surface area contributed by atoms with Crippen LogP contribution in [-0.2, 0) is 0 Å². The maximum Gasteiger partial charge on any atom is 0.0591 e. The second-order valence-electron chi connectivity index (χ2n) is 2.17. The standard InChI is InChI=1S/C6H8N/c1-2-6-4-3-5(1)7-6/h1-2,5,7H,3-4H2. The van der Waals surface area contributed by atoms with Gasteiger partial charge in [-0.25, -0.2) is 0 Å². The van der Waals surface area contributed by atoms with Crippen LogP contribution in [0.15, 0.2) is 12.2 Å². The molecule has 1 nitrogen and oxygen atoms in total. The van der Waals surface area contributed by atoms with E-state index in [2.05, 4.69) is 17.5 Å². The van der Waals surface area contributed by atoms with E-state index in [1.807, 2.05) is 0 Å². The highest BCUT2D eigenvalue weighted by Crippen LogP contribution is 2.25. The first-order valence-electron chi connectivity index (χ1n) is 2.76. The fourth-order valence-electron chi connectivity index (χ4n) is 1.20. The van der Waals surface area contributed by atoms with Crippen molar-refractivity contribution < 1.29 is 0 Å². The molecule has 0 aliphatic carbocycles. The van der Waals surface area contributed by atoms with Gasteiger partial charge >= 0.3 is 0 Å². The molecule has 0 amide bonds. The van der Waals surface area contributed by atoms with Gasteiger partial charge in [0, 0.05) is 6.04 Å². The number of hydrogen-bond acceptors (Lipinski definition) is 1. The molecule has 0 aromatic heterocycles. The third-order valence-corrected chi connectivity index (χ3v) is 1.63. The Morgan fingerprint density at radius 2 is 2.71 bits per heavy atom. The van der Waals surface area contributed by atoms with Crippen molar-refractivity contribution >= 4 is 0 Å². The Labute approximate surface area is 43.4 Å². The molecule has 1 fully saturated rings. The summed E-state index contributed by atoms with van der Waals surface area (Å²) in [4.78, 5) is 0. The van der Waals surface area contributed by atoms with Gasteiger partial charge in [0.1, 0.15) is 0 Å². The summed E-state index contributed by atoms with van der Waals surface area (Å²) in [5.74, 6) is 0. The van der Waals surface area contributed by atoms with Crippen LogP contribution in [0, 0.1) is 6.04 Å². The first-order chi connectivity index (χ1) is 3.45. The first-order valence-corrected chi connectivity index (χ1v) is 2.76. The van der Waals surface area contributed by atoms with Crippen molar-refractivity contribution in [1.82, 2.24) is 5.32 Å². The van der Waals surface area contributed by atoms with E-state index in [4.69, 9.17) is 0 Å². The monoisotopic (exact) mass is 94.1 g/mol. The lowest BCUT2D eigenvalue weighted by molar-refractivity contribution is 0.758. The molecular formula is C6H8N.